The Morgan fingerprint density at radius 2 is 2.00 bits per heavy atom. The third kappa shape index (κ3) is 4.37. The van der Waals surface area contributed by atoms with Gasteiger partial charge in [0.25, 0.3) is 5.89 Å². The highest BCUT2D eigenvalue weighted by Crippen LogP contribution is 2.27. The third-order valence-electron chi connectivity index (χ3n) is 3.59. The number of hydrogen-bond donors (Lipinski definition) is 1. The molecule has 1 atom stereocenters. The number of nitrogens with one attached hydrogen (secondary N) is 1. The number of alkyl halides is 3. The van der Waals surface area contributed by atoms with Gasteiger partial charge < -0.3 is 14.6 Å². The lowest BCUT2D eigenvalue weighted by atomic mass is 10.2. The predicted molar refractivity (Wildman–Crippen MR) is 81.9 cm³/mol. The maximum absolute atomic E-state index is 12.1. The van der Waals surface area contributed by atoms with Crippen LogP contribution in [0.1, 0.15) is 11.9 Å². The number of benzene rings is 1. The van der Waals surface area contributed by atoms with E-state index < -0.39 is 6.36 Å². The summed E-state index contributed by atoms with van der Waals surface area (Å²) in [5.41, 5.74) is 0.532. The average molecular weight is 365 g/mol. The van der Waals surface area contributed by atoms with Gasteiger partial charge in [-0.3, -0.25) is 4.90 Å². The molecule has 132 valence electrons. The van der Waals surface area contributed by atoms with Gasteiger partial charge in [-0.1, -0.05) is 5.16 Å². The molecule has 1 fully saturated rings. The van der Waals surface area contributed by atoms with Crippen molar-refractivity contribution in [2.75, 3.05) is 26.7 Å². The highest BCUT2D eigenvalue weighted by Gasteiger charge is 2.31. The molecule has 2 aromatic rings. The quantitative estimate of drug-likeness (QED) is 0.903. The zero-order chi connectivity index (χ0) is 16.4. The molecule has 1 N–H and O–H groups in total. The Kier molecular flexibility index (Phi) is 5.68. The summed E-state index contributed by atoms with van der Waals surface area (Å²) in [4.78, 5) is 6.45. The summed E-state index contributed by atoms with van der Waals surface area (Å²) in [6.45, 7) is 2.49. The molecule has 2 heterocycles. The summed E-state index contributed by atoms with van der Waals surface area (Å²) < 4.78 is 45.5. The lowest BCUT2D eigenvalue weighted by molar-refractivity contribution is -0.274. The van der Waals surface area contributed by atoms with E-state index in [2.05, 4.69) is 25.1 Å². The van der Waals surface area contributed by atoms with Crippen LogP contribution in [0, 0.1) is 0 Å². The van der Waals surface area contributed by atoms with E-state index in [-0.39, 0.29) is 30.1 Å². The van der Waals surface area contributed by atoms with Gasteiger partial charge in [-0.2, -0.15) is 4.98 Å². The first-order valence-electron chi connectivity index (χ1n) is 7.03. The first-order valence-corrected chi connectivity index (χ1v) is 7.03. The van der Waals surface area contributed by atoms with E-state index >= 15 is 0 Å². The Morgan fingerprint density at radius 1 is 1.29 bits per heavy atom. The van der Waals surface area contributed by atoms with Crippen molar-refractivity contribution in [3.8, 4) is 17.2 Å². The van der Waals surface area contributed by atoms with Gasteiger partial charge in [-0.25, -0.2) is 0 Å². The number of ether oxygens (including phenoxy) is 1. The van der Waals surface area contributed by atoms with Crippen molar-refractivity contribution in [3.63, 3.8) is 0 Å². The van der Waals surface area contributed by atoms with Crippen molar-refractivity contribution in [3.05, 3.63) is 30.1 Å². The van der Waals surface area contributed by atoms with Crippen molar-refractivity contribution >= 4 is 12.4 Å². The molecular formula is C14H16ClF3N4O2. The number of hydrogen-bond acceptors (Lipinski definition) is 6. The van der Waals surface area contributed by atoms with E-state index in [0.717, 1.165) is 13.1 Å². The smallest absolute Gasteiger partial charge is 0.406 e. The van der Waals surface area contributed by atoms with Crippen LogP contribution in [-0.4, -0.2) is 48.1 Å². The fourth-order valence-electron chi connectivity index (χ4n) is 2.38. The zero-order valence-corrected chi connectivity index (χ0v) is 13.5. The molecule has 1 saturated heterocycles. The van der Waals surface area contributed by atoms with E-state index in [0.29, 0.717) is 17.9 Å². The molecular weight excluding hydrogens is 349 g/mol. The molecule has 0 bridgehead atoms. The summed E-state index contributed by atoms with van der Waals surface area (Å²) in [6.07, 6.45) is -4.71. The van der Waals surface area contributed by atoms with Gasteiger partial charge in [0.1, 0.15) is 5.75 Å². The van der Waals surface area contributed by atoms with Crippen LogP contribution in [0.3, 0.4) is 0 Å². The van der Waals surface area contributed by atoms with Gasteiger partial charge in [0.2, 0.25) is 0 Å². The summed E-state index contributed by atoms with van der Waals surface area (Å²) in [6, 6.07) is 5.32. The molecule has 10 heteroatoms. The number of halogens is 4. The minimum atomic E-state index is -4.71. The van der Waals surface area contributed by atoms with Gasteiger partial charge in [0, 0.05) is 25.2 Å². The number of piperazine rings is 1. The second-order valence-corrected chi connectivity index (χ2v) is 5.23. The maximum atomic E-state index is 12.1. The highest BCUT2D eigenvalue weighted by atomic mass is 35.5. The highest BCUT2D eigenvalue weighted by molar-refractivity contribution is 5.85. The van der Waals surface area contributed by atoms with Crippen LogP contribution in [0.15, 0.2) is 28.8 Å². The molecule has 1 aromatic heterocycles. The second-order valence-electron chi connectivity index (χ2n) is 5.23. The maximum Gasteiger partial charge on any atom is 0.573 e. The third-order valence-corrected chi connectivity index (χ3v) is 3.59. The Bertz CT molecular complexity index is 663. The molecule has 1 aliphatic heterocycles. The van der Waals surface area contributed by atoms with Gasteiger partial charge >= 0.3 is 6.36 Å². The van der Waals surface area contributed by atoms with E-state index in [9.17, 15) is 13.2 Å². The zero-order valence-electron chi connectivity index (χ0n) is 12.7. The van der Waals surface area contributed by atoms with E-state index in [1.165, 1.54) is 24.3 Å². The fraction of sp³-hybridized carbons (Fsp3) is 0.429. The second kappa shape index (κ2) is 7.37. The molecule has 0 aliphatic carbocycles. The molecule has 1 aliphatic rings. The number of aromatic nitrogens is 2. The summed E-state index contributed by atoms with van der Waals surface area (Å²) >= 11 is 0. The van der Waals surface area contributed by atoms with E-state index in [1.54, 1.807) is 0 Å². The standard InChI is InChI=1S/C14H15F3N4O2.ClH/c1-21-7-6-18-8-11(21)12-19-13(23-20-12)9-2-4-10(5-3-9)22-14(15,16)17;/h2-5,11,18H,6-8H2,1H3;1H. The Labute approximate surface area is 142 Å². The van der Waals surface area contributed by atoms with Gasteiger partial charge in [-0.15, -0.1) is 25.6 Å². The average Bonchev–Trinajstić information content (AvgIpc) is 2.96. The SMILES string of the molecule is CN1CCNCC1c1noc(-c2ccc(OC(F)(F)F)cc2)n1.Cl. The van der Waals surface area contributed by atoms with Crippen LogP contribution in [0.5, 0.6) is 5.75 Å². The van der Waals surface area contributed by atoms with Crippen LogP contribution < -0.4 is 10.1 Å². The van der Waals surface area contributed by atoms with Gasteiger partial charge in [-0.05, 0) is 31.3 Å². The first kappa shape index (κ1) is 18.5. The van der Waals surface area contributed by atoms with Crippen molar-refractivity contribution in [1.29, 1.82) is 0 Å². The van der Waals surface area contributed by atoms with Crippen LogP contribution in [-0.2, 0) is 0 Å². The fourth-order valence-corrected chi connectivity index (χ4v) is 2.38. The molecule has 3 rings (SSSR count). The predicted octanol–water partition coefficient (Wildman–Crippen LogP) is 2.63. The van der Waals surface area contributed by atoms with Gasteiger partial charge in [0.05, 0.1) is 6.04 Å². The van der Waals surface area contributed by atoms with Crippen molar-refractivity contribution in [2.24, 2.45) is 0 Å². The summed E-state index contributed by atoms with van der Waals surface area (Å²) in [7, 11) is 1.98. The molecule has 0 spiro atoms. The number of likely N-dealkylation sites (N-methyl/N-ethyl adjacent to an activating group) is 1. The normalized spacial score (nSPS) is 18.9. The molecule has 1 aromatic carbocycles. The van der Waals surface area contributed by atoms with Crippen LogP contribution >= 0.6 is 12.4 Å². The van der Waals surface area contributed by atoms with E-state index in [1.807, 2.05) is 7.05 Å². The Balaban J connectivity index is 0.00000208. The molecule has 0 radical (unpaired) electrons. The van der Waals surface area contributed by atoms with E-state index in [4.69, 9.17) is 4.52 Å². The van der Waals surface area contributed by atoms with Crippen molar-refractivity contribution < 1.29 is 22.4 Å². The minimum Gasteiger partial charge on any atom is -0.406 e. The lowest BCUT2D eigenvalue weighted by Crippen LogP contribution is -2.44. The monoisotopic (exact) mass is 364 g/mol. The molecule has 0 saturated carbocycles. The molecule has 0 amide bonds. The van der Waals surface area contributed by atoms with Crippen LogP contribution in [0.2, 0.25) is 0 Å². The number of nitrogens with zero attached hydrogens (tertiary/aromatic N) is 3. The van der Waals surface area contributed by atoms with Crippen LogP contribution in [0.25, 0.3) is 11.5 Å². The lowest BCUT2D eigenvalue weighted by Gasteiger charge is -2.30. The topological polar surface area (TPSA) is 63.4 Å². The first-order chi connectivity index (χ1) is 10.9. The van der Waals surface area contributed by atoms with Crippen molar-refractivity contribution in [2.45, 2.75) is 12.4 Å². The van der Waals surface area contributed by atoms with Crippen molar-refractivity contribution in [1.82, 2.24) is 20.4 Å². The van der Waals surface area contributed by atoms with Gasteiger partial charge in [0.15, 0.2) is 5.82 Å². The summed E-state index contributed by atoms with van der Waals surface area (Å²) in [5, 5.41) is 7.23. The Morgan fingerprint density at radius 3 is 2.62 bits per heavy atom. The largest absolute Gasteiger partial charge is 0.573 e. The molecule has 1 unspecified atom stereocenters. The molecule has 6 nitrogen and oxygen atoms in total. The number of rotatable bonds is 3. The minimum absolute atomic E-state index is 0. The Hall–Kier alpha value is -1.84. The summed E-state index contributed by atoms with van der Waals surface area (Å²) in [5.74, 6) is 0.514. The molecule has 24 heavy (non-hydrogen) atoms. The van der Waals surface area contributed by atoms with Crippen LogP contribution in [0.4, 0.5) is 13.2 Å².